The highest BCUT2D eigenvalue weighted by atomic mass is 35.5. The van der Waals surface area contributed by atoms with E-state index >= 15 is 0 Å². The van der Waals surface area contributed by atoms with Crippen LogP contribution in [-0.4, -0.2) is 74.3 Å². The lowest BCUT2D eigenvalue weighted by Crippen LogP contribution is -2.47. The van der Waals surface area contributed by atoms with E-state index in [4.69, 9.17) is 16.3 Å². The number of ether oxygens (including phenoxy) is 1. The number of nitrogens with zero attached hydrogens (tertiary/aromatic N) is 3. The Morgan fingerprint density at radius 1 is 1.28 bits per heavy atom. The summed E-state index contributed by atoms with van der Waals surface area (Å²) in [7, 11) is 1.89. The molecule has 6 heteroatoms. The first-order chi connectivity index (χ1) is 12.2. The third-order valence-electron chi connectivity index (χ3n) is 5.62. The van der Waals surface area contributed by atoms with Crippen molar-refractivity contribution in [3.8, 4) is 0 Å². The fraction of sp³-hybridized carbons (Fsp3) is 0.632. The molecule has 0 radical (unpaired) electrons. The number of morpholine rings is 1. The second-order valence-corrected chi connectivity index (χ2v) is 7.67. The zero-order valence-corrected chi connectivity index (χ0v) is 15.6. The van der Waals surface area contributed by atoms with Gasteiger partial charge in [0.15, 0.2) is 5.96 Å². The van der Waals surface area contributed by atoms with Crippen molar-refractivity contribution in [2.75, 3.05) is 46.4 Å². The normalized spacial score (nSPS) is 30.6. The average Bonchev–Trinajstić information content (AvgIpc) is 3.25. The molecule has 4 rings (SSSR count). The van der Waals surface area contributed by atoms with Crippen molar-refractivity contribution in [2.45, 2.75) is 30.8 Å². The van der Waals surface area contributed by atoms with Gasteiger partial charge in [-0.25, -0.2) is 0 Å². The Morgan fingerprint density at radius 2 is 2.12 bits per heavy atom. The Bertz CT molecular complexity index is 632. The van der Waals surface area contributed by atoms with Crippen LogP contribution >= 0.6 is 11.6 Å². The third kappa shape index (κ3) is 3.94. The molecular formula is C19H27ClN4O. The highest BCUT2D eigenvalue weighted by molar-refractivity contribution is 6.30. The molecule has 1 N–H and O–H groups in total. The summed E-state index contributed by atoms with van der Waals surface area (Å²) in [5.41, 5.74) is 1.33. The van der Waals surface area contributed by atoms with Gasteiger partial charge in [-0.05, 0) is 30.5 Å². The average molecular weight is 363 g/mol. The van der Waals surface area contributed by atoms with Gasteiger partial charge >= 0.3 is 0 Å². The van der Waals surface area contributed by atoms with Crippen LogP contribution in [-0.2, 0) is 4.74 Å². The predicted octanol–water partition coefficient (Wildman–Crippen LogP) is 2.18. The molecule has 0 bridgehead atoms. The van der Waals surface area contributed by atoms with Crippen LogP contribution < -0.4 is 5.32 Å². The minimum absolute atomic E-state index is 0.472. The standard InChI is InChI=1S/C19H27ClN4O/c1-21-19(22-18-12-17(18)14-3-2-4-15(20)11-14)24-6-5-16(13-24)23-7-9-25-10-8-23/h2-4,11,16-18H,5-10,12-13H2,1H3,(H,21,22). The molecule has 2 saturated heterocycles. The second-order valence-electron chi connectivity index (χ2n) is 7.23. The summed E-state index contributed by atoms with van der Waals surface area (Å²) >= 11 is 6.12. The van der Waals surface area contributed by atoms with Crippen molar-refractivity contribution in [3.63, 3.8) is 0 Å². The Morgan fingerprint density at radius 3 is 2.88 bits per heavy atom. The molecule has 0 amide bonds. The minimum atomic E-state index is 0.472. The molecule has 3 atom stereocenters. The number of benzene rings is 1. The Labute approximate surface area is 155 Å². The van der Waals surface area contributed by atoms with E-state index in [-0.39, 0.29) is 0 Å². The molecule has 1 aliphatic carbocycles. The lowest BCUT2D eigenvalue weighted by molar-refractivity contribution is 0.0195. The van der Waals surface area contributed by atoms with E-state index in [1.807, 2.05) is 19.2 Å². The number of nitrogens with one attached hydrogen (secondary N) is 1. The van der Waals surface area contributed by atoms with Gasteiger partial charge in [-0.3, -0.25) is 9.89 Å². The summed E-state index contributed by atoms with van der Waals surface area (Å²) in [4.78, 5) is 9.52. The first kappa shape index (κ1) is 17.1. The Kier molecular flexibility index (Phi) is 5.15. The van der Waals surface area contributed by atoms with E-state index in [1.165, 1.54) is 12.0 Å². The van der Waals surface area contributed by atoms with Crippen LogP contribution in [0.4, 0.5) is 0 Å². The molecule has 3 aliphatic rings. The summed E-state index contributed by atoms with van der Waals surface area (Å²) < 4.78 is 5.48. The maximum absolute atomic E-state index is 6.12. The van der Waals surface area contributed by atoms with Gasteiger partial charge in [-0.15, -0.1) is 0 Å². The molecule has 1 aromatic carbocycles. The van der Waals surface area contributed by atoms with Crippen LogP contribution in [0.5, 0.6) is 0 Å². The topological polar surface area (TPSA) is 40.1 Å². The maximum atomic E-state index is 6.12. The molecule has 3 fully saturated rings. The molecule has 0 spiro atoms. The van der Waals surface area contributed by atoms with Crippen LogP contribution in [0, 0.1) is 0 Å². The van der Waals surface area contributed by atoms with E-state index in [0.717, 1.165) is 56.8 Å². The zero-order chi connectivity index (χ0) is 17.2. The van der Waals surface area contributed by atoms with Crippen LogP contribution in [0.1, 0.15) is 24.3 Å². The quantitative estimate of drug-likeness (QED) is 0.661. The van der Waals surface area contributed by atoms with E-state index in [2.05, 4.69) is 32.2 Å². The van der Waals surface area contributed by atoms with Gasteiger partial charge in [0.2, 0.25) is 0 Å². The highest BCUT2D eigenvalue weighted by Crippen LogP contribution is 2.41. The Balaban J connectivity index is 1.32. The molecule has 2 aliphatic heterocycles. The molecule has 25 heavy (non-hydrogen) atoms. The van der Waals surface area contributed by atoms with Crippen molar-refractivity contribution in [1.82, 2.24) is 15.1 Å². The van der Waals surface area contributed by atoms with Crippen LogP contribution in [0.3, 0.4) is 0 Å². The molecular weight excluding hydrogens is 336 g/mol. The molecule has 136 valence electrons. The van der Waals surface area contributed by atoms with E-state index < -0.39 is 0 Å². The fourth-order valence-electron chi connectivity index (χ4n) is 4.10. The summed E-state index contributed by atoms with van der Waals surface area (Å²) in [5.74, 6) is 1.60. The number of hydrogen-bond acceptors (Lipinski definition) is 3. The van der Waals surface area contributed by atoms with Crippen molar-refractivity contribution in [1.29, 1.82) is 0 Å². The van der Waals surface area contributed by atoms with Crippen LogP contribution in [0.15, 0.2) is 29.3 Å². The third-order valence-corrected chi connectivity index (χ3v) is 5.85. The van der Waals surface area contributed by atoms with Gasteiger partial charge in [0, 0.05) is 56.3 Å². The van der Waals surface area contributed by atoms with Crippen molar-refractivity contribution in [2.24, 2.45) is 4.99 Å². The van der Waals surface area contributed by atoms with E-state index in [0.29, 0.717) is 18.0 Å². The van der Waals surface area contributed by atoms with Gasteiger partial charge in [-0.2, -0.15) is 0 Å². The predicted molar refractivity (Wildman–Crippen MR) is 101 cm³/mol. The van der Waals surface area contributed by atoms with Crippen LogP contribution in [0.2, 0.25) is 5.02 Å². The number of likely N-dealkylation sites (tertiary alicyclic amines) is 1. The fourth-order valence-corrected chi connectivity index (χ4v) is 4.30. The number of guanidine groups is 1. The van der Waals surface area contributed by atoms with Gasteiger partial charge in [0.25, 0.3) is 0 Å². The van der Waals surface area contributed by atoms with Crippen molar-refractivity contribution >= 4 is 17.6 Å². The molecule has 2 heterocycles. The van der Waals surface area contributed by atoms with Gasteiger partial charge in [0.1, 0.15) is 0 Å². The first-order valence-electron chi connectivity index (χ1n) is 9.30. The largest absolute Gasteiger partial charge is 0.379 e. The Hall–Kier alpha value is -1.30. The summed E-state index contributed by atoms with van der Waals surface area (Å²) in [6.07, 6.45) is 2.36. The molecule has 1 saturated carbocycles. The second kappa shape index (κ2) is 7.52. The highest BCUT2D eigenvalue weighted by Gasteiger charge is 2.40. The molecule has 1 aromatic rings. The van der Waals surface area contributed by atoms with Gasteiger partial charge in [-0.1, -0.05) is 23.7 Å². The number of aliphatic imine (C=N–C) groups is 1. The van der Waals surface area contributed by atoms with Gasteiger partial charge in [0.05, 0.1) is 13.2 Å². The lowest BCUT2D eigenvalue weighted by atomic mass is 10.1. The molecule has 3 unspecified atom stereocenters. The lowest BCUT2D eigenvalue weighted by Gasteiger charge is -2.32. The van der Waals surface area contributed by atoms with Crippen LogP contribution in [0.25, 0.3) is 0 Å². The summed E-state index contributed by atoms with van der Waals surface area (Å²) in [6, 6.07) is 9.33. The van der Waals surface area contributed by atoms with E-state index in [1.54, 1.807) is 0 Å². The SMILES string of the molecule is CN=C(NC1CC1c1cccc(Cl)c1)N1CCC(N2CCOCC2)C1. The monoisotopic (exact) mass is 362 g/mol. The first-order valence-corrected chi connectivity index (χ1v) is 9.68. The summed E-state index contributed by atoms with van der Waals surface area (Å²) in [6.45, 7) is 6.00. The summed E-state index contributed by atoms with van der Waals surface area (Å²) in [5, 5.41) is 4.48. The number of hydrogen-bond donors (Lipinski definition) is 1. The number of rotatable bonds is 3. The zero-order valence-electron chi connectivity index (χ0n) is 14.8. The van der Waals surface area contributed by atoms with Crippen molar-refractivity contribution in [3.05, 3.63) is 34.9 Å². The van der Waals surface area contributed by atoms with Crippen molar-refractivity contribution < 1.29 is 4.74 Å². The van der Waals surface area contributed by atoms with Gasteiger partial charge < -0.3 is 15.0 Å². The smallest absolute Gasteiger partial charge is 0.193 e. The maximum Gasteiger partial charge on any atom is 0.193 e. The van der Waals surface area contributed by atoms with E-state index in [9.17, 15) is 0 Å². The molecule has 0 aromatic heterocycles. The minimum Gasteiger partial charge on any atom is -0.379 e. The molecule has 5 nitrogen and oxygen atoms in total. The number of halogens is 1.